The molecule has 4 heteroatoms. The first-order valence-corrected chi connectivity index (χ1v) is 23.0. The molecule has 4 aromatic heterocycles. The Balaban J connectivity index is 1.11. The maximum atomic E-state index is 10.5. The highest BCUT2D eigenvalue weighted by atomic mass is 15.2. The van der Waals surface area contributed by atoms with E-state index in [4.69, 9.17) is 0 Å². The fraction of sp³-hybridized carbons (Fsp3) is 0. The van der Waals surface area contributed by atoms with E-state index in [1.807, 2.05) is 170 Å². The smallest absolute Gasteiger partial charge is 0.0653 e. The summed E-state index contributed by atoms with van der Waals surface area (Å²) >= 11 is 0. The maximum absolute atomic E-state index is 10.5. The molecule has 0 saturated carbocycles. The molecule has 0 bridgehead atoms. The minimum absolute atomic E-state index is 0.0215. The van der Waals surface area contributed by atoms with Crippen molar-refractivity contribution in [3.8, 4) is 22.3 Å². The summed E-state index contributed by atoms with van der Waals surface area (Å²) in [6, 6.07) is 47.0. The minimum atomic E-state index is -0.535. The van der Waals surface area contributed by atoms with Gasteiger partial charge in [-0.15, -0.1) is 0 Å². The second kappa shape index (κ2) is 15.1. The molecule has 0 aliphatic heterocycles. The second-order valence-corrected chi connectivity index (χ2v) is 17.4. The predicted molar refractivity (Wildman–Crippen MR) is 296 cm³/mol. The number of nitrogens with zero attached hydrogens (tertiary/aromatic N) is 4. The van der Waals surface area contributed by atoms with Crippen molar-refractivity contribution >= 4 is 110 Å². The number of para-hydroxylation sites is 4. The molecular formula is C66H42N4. The van der Waals surface area contributed by atoms with Crippen LogP contribution in [0.4, 0.5) is 34.1 Å². The molecular weight excluding hydrogens is 849 g/mol. The fourth-order valence-corrected chi connectivity index (χ4v) is 10.6. The van der Waals surface area contributed by atoms with E-state index >= 15 is 0 Å². The van der Waals surface area contributed by atoms with E-state index in [0.717, 1.165) is 22.3 Å². The predicted octanol–water partition coefficient (Wildman–Crippen LogP) is 18.3. The van der Waals surface area contributed by atoms with Gasteiger partial charge in [-0.05, 0) is 107 Å². The van der Waals surface area contributed by atoms with E-state index in [2.05, 4.69) is 0 Å². The number of benzene rings is 11. The molecule has 0 spiro atoms. The number of hydrogen-bond acceptors (Lipinski definition) is 2. The van der Waals surface area contributed by atoms with E-state index in [-0.39, 0.29) is 112 Å². The van der Waals surface area contributed by atoms with Crippen LogP contribution < -0.4 is 9.80 Å². The van der Waals surface area contributed by atoms with Gasteiger partial charge >= 0.3 is 0 Å². The average Bonchev–Trinajstić information content (AvgIpc) is 1.73. The third-order valence-corrected chi connectivity index (χ3v) is 13.6. The molecule has 11 aromatic carbocycles. The van der Waals surface area contributed by atoms with Crippen molar-refractivity contribution in [1.29, 1.82) is 0 Å². The molecule has 0 saturated heterocycles. The van der Waals surface area contributed by atoms with Crippen LogP contribution in [0.1, 0.15) is 19.2 Å². The van der Waals surface area contributed by atoms with Crippen molar-refractivity contribution in [2.75, 3.05) is 9.80 Å². The van der Waals surface area contributed by atoms with Gasteiger partial charge in [0.05, 0.1) is 63.7 Å². The summed E-state index contributed by atoms with van der Waals surface area (Å²) in [6.07, 6.45) is 0. The first-order valence-electron chi connectivity index (χ1n) is 30.0. The van der Waals surface area contributed by atoms with E-state index in [1.165, 1.54) is 8.80 Å². The normalized spacial score (nSPS) is 14.8. The van der Waals surface area contributed by atoms with Gasteiger partial charge in [0.15, 0.2) is 0 Å². The summed E-state index contributed by atoms with van der Waals surface area (Å²) in [5.41, 5.74) is 6.04. The summed E-state index contributed by atoms with van der Waals surface area (Å²) in [6.45, 7) is 0. The lowest BCUT2D eigenvalue weighted by molar-refractivity contribution is 1.29. The van der Waals surface area contributed by atoms with Crippen LogP contribution in [0.25, 0.3) is 98.4 Å². The van der Waals surface area contributed by atoms with Crippen molar-refractivity contribution in [3.63, 3.8) is 0 Å². The fourth-order valence-electron chi connectivity index (χ4n) is 10.6. The van der Waals surface area contributed by atoms with Crippen LogP contribution in [0.15, 0.2) is 254 Å². The van der Waals surface area contributed by atoms with Crippen LogP contribution in [0.3, 0.4) is 0 Å². The Kier molecular flexibility index (Phi) is 5.90. The molecule has 0 aliphatic rings. The Morgan fingerprint density at radius 1 is 0.300 bits per heavy atom. The van der Waals surface area contributed by atoms with Gasteiger partial charge in [0.25, 0.3) is 0 Å². The second-order valence-electron chi connectivity index (χ2n) is 17.4. The number of aromatic nitrogens is 2. The molecule has 15 aromatic rings. The third kappa shape index (κ3) is 5.59. The maximum Gasteiger partial charge on any atom is 0.0653 e. The Hall–Kier alpha value is -9.38. The van der Waals surface area contributed by atoms with Crippen LogP contribution in [-0.2, 0) is 0 Å². The van der Waals surface area contributed by atoms with Crippen molar-refractivity contribution in [3.05, 3.63) is 254 Å². The first kappa shape index (κ1) is 27.4. The van der Waals surface area contributed by atoms with E-state index in [1.54, 1.807) is 9.80 Å². The first-order chi connectivity index (χ1) is 40.6. The molecule has 0 amide bonds. The Morgan fingerprint density at radius 2 is 0.657 bits per heavy atom. The zero-order valence-electron chi connectivity index (χ0n) is 51.0. The Morgan fingerprint density at radius 3 is 1.09 bits per heavy atom. The molecule has 0 aliphatic carbocycles. The highest BCUT2D eigenvalue weighted by Crippen LogP contribution is 2.50. The molecule has 0 N–H and O–H groups in total. The molecule has 0 radical (unpaired) electrons. The monoisotopic (exact) mass is 904 g/mol. The lowest BCUT2D eigenvalue weighted by atomic mass is 10.0. The molecule has 15 rings (SSSR count). The van der Waals surface area contributed by atoms with Crippen LogP contribution in [0.5, 0.6) is 0 Å². The van der Waals surface area contributed by atoms with Gasteiger partial charge < -0.3 is 18.6 Å². The SMILES string of the molecule is [2H]c1c([2H])c([2H])c2c(c1N(c1ccccc1)c1cccc(-c3ccccc3)c1)c1c([2H])c([2H])c([2H])c3c4c([2H])c5c(c([2H])c4n2c13)c1c([2H])c([2H])c([2H])c2c3c(N(c4ccccc4)c4cccc(-c6ccccc6)c4)c([2H])c([2H])c([2H])c3n5c21. The van der Waals surface area contributed by atoms with Gasteiger partial charge in [0.2, 0.25) is 0 Å². The van der Waals surface area contributed by atoms with E-state index < -0.39 is 60.4 Å². The summed E-state index contributed by atoms with van der Waals surface area (Å²) in [4.78, 5) is 3.57. The summed E-state index contributed by atoms with van der Waals surface area (Å²) in [7, 11) is 0. The van der Waals surface area contributed by atoms with Crippen molar-refractivity contribution in [2.24, 2.45) is 0 Å². The molecule has 0 atom stereocenters. The minimum Gasteiger partial charge on any atom is -0.310 e. The van der Waals surface area contributed by atoms with E-state index in [9.17, 15) is 19.2 Å². The molecule has 4 heterocycles. The lowest BCUT2D eigenvalue weighted by Gasteiger charge is -2.27. The van der Waals surface area contributed by atoms with Crippen molar-refractivity contribution in [1.82, 2.24) is 8.80 Å². The van der Waals surface area contributed by atoms with E-state index in [0.29, 0.717) is 22.7 Å². The molecule has 0 unspecified atom stereocenters. The number of anilines is 6. The van der Waals surface area contributed by atoms with Gasteiger partial charge in [0.1, 0.15) is 0 Å². The van der Waals surface area contributed by atoms with Crippen LogP contribution in [0, 0.1) is 0 Å². The number of fused-ring (bicyclic) bond motifs is 12. The molecule has 4 nitrogen and oxygen atoms in total. The van der Waals surface area contributed by atoms with Gasteiger partial charge in [-0.2, -0.15) is 0 Å². The number of hydrogen-bond donors (Lipinski definition) is 0. The molecule has 70 heavy (non-hydrogen) atoms. The standard InChI is InChI=1S/C66H42N4/c1-5-19-43(20-6-1)45-23-13-29-49(39-45)67(47-25-9-3-10-26-47)57-35-17-37-59-63(57)53-33-15-31-51-55-42-62-56(41-61(55)69(59)65(51)53)52-32-16-34-54-64-58(36-18-38-60(64)70(62)66(52)54)68(48-27-11-4-12-28-48)50-30-14-24-46(40-50)44-21-7-2-8-22-44/h1-42H/i15D,16D,17D,18D,31D,32D,33D,34D,35D,36D,37D,38D,41D,42D. The largest absolute Gasteiger partial charge is 0.310 e. The van der Waals surface area contributed by atoms with Gasteiger partial charge in [-0.25, -0.2) is 0 Å². The zero-order chi connectivity index (χ0) is 58.0. The Bertz CT molecular complexity index is 4970. The van der Waals surface area contributed by atoms with Crippen LogP contribution in [-0.4, -0.2) is 8.80 Å². The summed E-state index contributed by atoms with van der Waals surface area (Å²) < 4.78 is 141. The van der Waals surface area contributed by atoms with Crippen LogP contribution in [0.2, 0.25) is 0 Å². The van der Waals surface area contributed by atoms with Gasteiger partial charge in [-0.3, -0.25) is 0 Å². The summed E-state index contributed by atoms with van der Waals surface area (Å²) in [5, 5.41) is 0.239. The zero-order valence-corrected chi connectivity index (χ0v) is 37.0. The molecule has 0 fully saturated rings. The molecule has 326 valence electrons. The Labute approximate surface area is 423 Å². The van der Waals surface area contributed by atoms with Gasteiger partial charge in [0, 0.05) is 65.8 Å². The quantitative estimate of drug-likeness (QED) is 0.151. The van der Waals surface area contributed by atoms with Crippen molar-refractivity contribution in [2.45, 2.75) is 0 Å². The lowest BCUT2D eigenvalue weighted by Crippen LogP contribution is -2.10. The highest BCUT2D eigenvalue weighted by molar-refractivity contribution is 6.31. The topological polar surface area (TPSA) is 15.3 Å². The van der Waals surface area contributed by atoms with Gasteiger partial charge in [-0.1, -0.05) is 170 Å². The highest BCUT2D eigenvalue weighted by Gasteiger charge is 2.27. The van der Waals surface area contributed by atoms with Crippen molar-refractivity contribution < 1.29 is 19.2 Å². The number of rotatable bonds is 8. The summed E-state index contributed by atoms with van der Waals surface area (Å²) in [5.74, 6) is 0. The average molecular weight is 905 g/mol. The third-order valence-electron chi connectivity index (χ3n) is 13.6. The van der Waals surface area contributed by atoms with Crippen LogP contribution >= 0.6 is 0 Å².